The number of ether oxygens (including phenoxy) is 2. The molecule has 0 aromatic heterocycles. The zero-order valence-electron chi connectivity index (χ0n) is 15.0. The summed E-state index contributed by atoms with van der Waals surface area (Å²) in [5.74, 6) is -0.0934. The van der Waals surface area contributed by atoms with Gasteiger partial charge >= 0.3 is 6.03 Å². The summed E-state index contributed by atoms with van der Waals surface area (Å²) in [7, 11) is 1.58. The van der Waals surface area contributed by atoms with Gasteiger partial charge in [-0.2, -0.15) is 0 Å². The van der Waals surface area contributed by atoms with Gasteiger partial charge in [0.1, 0.15) is 6.10 Å². The number of carbonyl (C=O) groups excluding carboxylic acids is 2. The predicted octanol–water partition coefficient (Wildman–Crippen LogP) is 0.289. The fourth-order valence-corrected chi connectivity index (χ4v) is 3.48. The van der Waals surface area contributed by atoms with Crippen molar-refractivity contribution in [3.05, 3.63) is 0 Å². The minimum Gasteiger partial charge on any atom is -0.394 e. The van der Waals surface area contributed by atoms with Gasteiger partial charge in [-0.1, -0.05) is 12.8 Å². The van der Waals surface area contributed by atoms with Crippen LogP contribution in [0, 0.1) is 0 Å². The molecule has 3 atom stereocenters. The van der Waals surface area contributed by atoms with E-state index in [1.807, 2.05) is 0 Å². The van der Waals surface area contributed by atoms with Gasteiger partial charge in [0.05, 0.1) is 31.8 Å². The number of urea groups is 1. The van der Waals surface area contributed by atoms with Crippen LogP contribution in [0.3, 0.4) is 0 Å². The number of nitrogens with one attached hydrogen (secondary N) is 3. The molecule has 3 amide bonds. The van der Waals surface area contributed by atoms with Gasteiger partial charge in [-0.3, -0.25) is 4.79 Å². The summed E-state index contributed by atoms with van der Waals surface area (Å²) in [6.07, 6.45) is 5.24. The highest BCUT2D eigenvalue weighted by Gasteiger charge is 2.33. The molecule has 1 aliphatic carbocycles. The Balaban J connectivity index is 1.72. The van der Waals surface area contributed by atoms with Crippen LogP contribution in [0.1, 0.15) is 44.9 Å². The van der Waals surface area contributed by atoms with Crippen molar-refractivity contribution in [3.8, 4) is 0 Å². The van der Waals surface area contributed by atoms with Crippen LogP contribution in [-0.4, -0.2) is 68.2 Å². The van der Waals surface area contributed by atoms with Crippen LogP contribution in [-0.2, 0) is 14.3 Å². The normalized spacial score (nSPS) is 27.0. The molecule has 144 valence electrons. The third-order valence-corrected chi connectivity index (χ3v) is 4.84. The standard InChI is InChI=1S/C17H31N3O5/c1-24-9-8-18-16(22)10-13-6-7-14(15(11-21)25-13)20-17(23)19-12-4-2-3-5-12/h12-15,21H,2-11H2,1H3,(H,18,22)(H2,19,20,23)/t13-,14-,15+/m0/s1. The third-order valence-electron chi connectivity index (χ3n) is 4.84. The van der Waals surface area contributed by atoms with Crippen molar-refractivity contribution in [2.45, 2.75) is 69.2 Å². The van der Waals surface area contributed by atoms with Crippen LogP contribution in [0.5, 0.6) is 0 Å². The monoisotopic (exact) mass is 357 g/mol. The smallest absolute Gasteiger partial charge is 0.315 e. The molecule has 2 aliphatic rings. The molecule has 4 N–H and O–H groups in total. The van der Waals surface area contributed by atoms with Crippen molar-refractivity contribution >= 4 is 11.9 Å². The molecule has 1 saturated carbocycles. The molecular weight excluding hydrogens is 326 g/mol. The molecule has 2 rings (SSSR count). The number of hydrogen-bond donors (Lipinski definition) is 4. The molecule has 25 heavy (non-hydrogen) atoms. The lowest BCUT2D eigenvalue weighted by Gasteiger charge is -2.36. The van der Waals surface area contributed by atoms with Gasteiger partial charge in [0, 0.05) is 19.7 Å². The quantitative estimate of drug-likeness (QED) is 0.467. The highest BCUT2D eigenvalue weighted by molar-refractivity contribution is 5.76. The second kappa shape index (κ2) is 10.6. The number of rotatable bonds is 8. The average molecular weight is 357 g/mol. The van der Waals surface area contributed by atoms with Crippen LogP contribution in [0.4, 0.5) is 4.79 Å². The Hall–Kier alpha value is -1.38. The first-order chi connectivity index (χ1) is 12.1. The maximum Gasteiger partial charge on any atom is 0.315 e. The van der Waals surface area contributed by atoms with E-state index in [9.17, 15) is 14.7 Å². The Morgan fingerprint density at radius 2 is 1.92 bits per heavy atom. The number of amides is 3. The number of carbonyl (C=O) groups is 2. The number of methoxy groups -OCH3 is 1. The van der Waals surface area contributed by atoms with E-state index in [0.717, 1.165) is 25.7 Å². The SMILES string of the molecule is COCCNC(=O)C[C@@H]1CC[C@H](NC(=O)NC2CCCC2)[C@@H](CO)O1. The van der Waals surface area contributed by atoms with Crippen LogP contribution in [0.2, 0.25) is 0 Å². The molecule has 0 aromatic carbocycles. The maximum atomic E-state index is 12.1. The maximum absolute atomic E-state index is 12.1. The van der Waals surface area contributed by atoms with Gasteiger partial charge in [-0.15, -0.1) is 0 Å². The van der Waals surface area contributed by atoms with E-state index in [0.29, 0.717) is 26.0 Å². The van der Waals surface area contributed by atoms with Gasteiger partial charge in [-0.25, -0.2) is 4.79 Å². The summed E-state index contributed by atoms with van der Waals surface area (Å²) in [6, 6.07) is -0.186. The van der Waals surface area contributed by atoms with Crippen LogP contribution >= 0.6 is 0 Å². The first kappa shape index (κ1) is 19.9. The summed E-state index contributed by atoms with van der Waals surface area (Å²) < 4.78 is 10.7. The van der Waals surface area contributed by atoms with Crippen molar-refractivity contribution < 1.29 is 24.2 Å². The molecule has 2 fully saturated rings. The lowest BCUT2D eigenvalue weighted by atomic mass is 9.97. The zero-order chi connectivity index (χ0) is 18.1. The molecule has 1 heterocycles. The largest absolute Gasteiger partial charge is 0.394 e. The number of aliphatic hydroxyl groups excluding tert-OH is 1. The van der Waals surface area contributed by atoms with Crippen LogP contribution in [0.15, 0.2) is 0 Å². The van der Waals surface area contributed by atoms with E-state index in [2.05, 4.69) is 16.0 Å². The van der Waals surface area contributed by atoms with E-state index < -0.39 is 6.10 Å². The van der Waals surface area contributed by atoms with Crippen molar-refractivity contribution in [2.24, 2.45) is 0 Å². The highest BCUT2D eigenvalue weighted by Crippen LogP contribution is 2.22. The summed E-state index contributed by atoms with van der Waals surface area (Å²) in [6.45, 7) is 0.756. The van der Waals surface area contributed by atoms with E-state index >= 15 is 0 Å². The fraction of sp³-hybridized carbons (Fsp3) is 0.882. The van der Waals surface area contributed by atoms with Gasteiger partial charge in [0.25, 0.3) is 0 Å². The zero-order valence-corrected chi connectivity index (χ0v) is 15.0. The first-order valence-electron chi connectivity index (χ1n) is 9.21. The Labute approximate surface area is 149 Å². The lowest BCUT2D eigenvalue weighted by Crippen LogP contribution is -2.54. The molecule has 0 aromatic rings. The van der Waals surface area contributed by atoms with Crippen molar-refractivity contribution in [1.82, 2.24) is 16.0 Å². The molecule has 0 unspecified atom stereocenters. The molecular formula is C17H31N3O5. The molecule has 1 saturated heterocycles. The lowest BCUT2D eigenvalue weighted by molar-refractivity contribution is -0.130. The molecule has 0 spiro atoms. The van der Waals surface area contributed by atoms with Crippen LogP contribution < -0.4 is 16.0 Å². The minimum absolute atomic E-state index is 0.0934. The van der Waals surface area contributed by atoms with Gasteiger partial charge in [-0.05, 0) is 25.7 Å². The molecule has 8 heteroatoms. The summed E-state index contributed by atoms with van der Waals surface area (Å²) in [5, 5.41) is 18.2. The van der Waals surface area contributed by atoms with Crippen molar-refractivity contribution in [3.63, 3.8) is 0 Å². The Morgan fingerprint density at radius 3 is 2.60 bits per heavy atom. The van der Waals surface area contributed by atoms with Crippen LogP contribution in [0.25, 0.3) is 0 Å². The van der Waals surface area contributed by atoms with E-state index in [1.165, 1.54) is 0 Å². The predicted molar refractivity (Wildman–Crippen MR) is 92.2 cm³/mol. The molecule has 0 radical (unpaired) electrons. The van der Waals surface area contributed by atoms with E-state index in [-0.39, 0.29) is 43.2 Å². The van der Waals surface area contributed by atoms with E-state index in [1.54, 1.807) is 7.11 Å². The number of hydrogen-bond acceptors (Lipinski definition) is 5. The average Bonchev–Trinajstić information content (AvgIpc) is 3.09. The molecule has 8 nitrogen and oxygen atoms in total. The summed E-state index contributed by atoms with van der Waals surface area (Å²) in [4.78, 5) is 23.9. The van der Waals surface area contributed by atoms with Gasteiger partial charge in [0.2, 0.25) is 5.91 Å². The van der Waals surface area contributed by atoms with Gasteiger partial charge < -0.3 is 30.5 Å². The second-order valence-electron chi connectivity index (χ2n) is 6.81. The third kappa shape index (κ3) is 6.80. The Kier molecular flexibility index (Phi) is 8.43. The molecule has 1 aliphatic heterocycles. The van der Waals surface area contributed by atoms with Gasteiger partial charge in [0.15, 0.2) is 0 Å². The van der Waals surface area contributed by atoms with Crippen molar-refractivity contribution in [1.29, 1.82) is 0 Å². The molecule has 0 bridgehead atoms. The highest BCUT2D eigenvalue weighted by atomic mass is 16.5. The first-order valence-corrected chi connectivity index (χ1v) is 9.21. The minimum atomic E-state index is -0.486. The second-order valence-corrected chi connectivity index (χ2v) is 6.81. The van der Waals surface area contributed by atoms with E-state index in [4.69, 9.17) is 9.47 Å². The Bertz CT molecular complexity index is 429. The summed E-state index contributed by atoms with van der Waals surface area (Å²) >= 11 is 0. The number of aliphatic hydroxyl groups is 1. The topological polar surface area (TPSA) is 109 Å². The summed E-state index contributed by atoms with van der Waals surface area (Å²) in [5.41, 5.74) is 0. The Morgan fingerprint density at radius 1 is 1.16 bits per heavy atom. The van der Waals surface area contributed by atoms with Crippen molar-refractivity contribution in [2.75, 3.05) is 26.9 Å². The fourth-order valence-electron chi connectivity index (χ4n) is 3.48.